The summed E-state index contributed by atoms with van der Waals surface area (Å²) in [6.45, 7) is 5.89. The van der Waals surface area contributed by atoms with Crippen molar-refractivity contribution in [3.8, 4) is 0 Å². The minimum absolute atomic E-state index is 0.781. The molecule has 1 rings (SSSR count). The van der Waals surface area contributed by atoms with Crippen molar-refractivity contribution in [1.82, 2.24) is 5.32 Å². The van der Waals surface area contributed by atoms with Crippen molar-refractivity contribution in [2.75, 3.05) is 6.54 Å². The highest BCUT2D eigenvalue weighted by atomic mass is 14.9. The van der Waals surface area contributed by atoms with Gasteiger partial charge in [-0.1, -0.05) is 64.7 Å². The molecule has 0 aliphatic heterocycles. The summed E-state index contributed by atoms with van der Waals surface area (Å²) in [5, 5.41) is 3.67. The zero-order valence-electron chi connectivity index (χ0n) is 12.8. The maximum absolute atomic E-state index is 3.67. The van der Waals surface area contributed by atoms with Gasteiger partial charge in [-0.2, -0.15) is 0 Å². The van der Waals surface area contributed by atoms with Gasteiger partial charge < -0.3 is 5.32 Å². The normalized spacial score (nSPS) is 17.0. The van der Waals surface area contributed by atoms with Crippen molar-refractivity contribution in [3.05, 3.63) is 0 Å². The van der Waals surface area contributed by atoms with E-state index < -0.39 is 0 Å². The highest BCUT2D eigenvalue weighted by Crippen LogP contribution is 2.32. The minimum atomic E-state index is 0.781. The number of hydrogen-bond donors (Lipinski definition) is 1. The Labute approximate surface area is 115 Å². The summed E-state index contributed by atoms with van der Waals surface area (Å²) in [5.41, 5.74) is 0. The van der Waals surface area contributed by atoms with E-state index in [1.165, 1.54) is 83.6 Å². The van der Waals surface area contributed by atoms with Crippen LogP contribution in [0.4, 0.5) is 0 Å². The van der Waals surface area contributed by atoms with Crippen LogP contribution in [0.15, 0.2) is 0 Å². The highest BCUT2D eigenvalue weighted by Gasteiger charge is 2.26. The van der Waals surface area contributed by atoms with Crippen LogP contribution in [0.25, 0.3) is 0 Å². The van der Waals surface area contributed by atoms with Crippen molar-refractivity contribution in [1.29, 1.82) is 0 Å². The third-order valence-electron chi connectivity index (χ3n) is 4.33. The molecule has 0 bridgehead atoms. The number of rotatable bonds is 13. The third-order valence-corrected chi connectivity index (χ3v) is 4.33. The lowest BCUT2D eigenvalue weighted by Gasteiger charge is -2.12. The number of hydrogen-bond acceptors (Lipinski definition) is 1. The topological polar surface area (TPSA) is 12.0 Å². The fraction of sp³-hybridized carbons (Fsp3) is 1.00. The molecule has 0 aromatic rings. The van der Waals surface area contributed by atoms with Crippen LogP contribution in [0.3, 0.4) is 0 Å². The van der Waals surface area contributed by atoms with Gasteiger partial charge in [0.25, 0.3) is 0 Å². The summed E-state index contributed by atoms with van der Waals surface area (Å²) < 4.78 is 0. The molecule has 1 saturated carbocycles. The van der Waals surface area contributed by atoms with Crippen LogP contribution in [-0.2, 0) is 0 Å². The minimum Gasteiger partial charge on any atom is -0.314 e. The molecule has 0 radical (unpaired) electrons. The van der Waals surface area contributed by atoms with E-state index in [-0.39, 0.29) is 0 Å². The highest BCUT2D eigenvalue weighted by molar-refractivity contribution is 4.82. The maximum Gasteiger partial charge on any atom is 0.00669 e. The molecule has 1 unspecified atom stereocenters. The van der Waals surface area contributed by atoms with E-state index in [1.54, 1.807) is 0 Å². The van der Waals surface area contributed by atoms with E-state index in [4.69, 9.17) is 0 Å². The quantitative estimate of drug-likeness (QED) is 0.439. The SMILES string of the molecule is CCCCCCCCCCCCNC(C)C1CC1. The van der Waals surface area contributed by atoms with E-state index in [0.717, 1.165) is 12.0 Å². The Morgan fingerprint density at radius 2 is 1.33 bits per heavy atom. The molecule has 1 aliphatic rings. The Morgan fingerprint density at radius 3 is 1.83 bits per heavy atom. The predicted octanol–water partition coefficient (Wildman–Crippen LogP) is 5.30. The van der Waals surface area contributed by atoms with Gasteiger partial charge in [-0.05, 0) is 38.6 Å². The first-order valence-electron chi connectivity index (χ1n) is 8.58. The van der Waals surface area contributed by atoms with Crippen molar-refractivity contribution < 1.29 is 0 Å². The van der Waals surface area contributed by atoms with E-state index >= 15 is 0 Å². The fourth-order valence-corrected chi connectivity index (χ4v) is 2.71. The van der Waals surface area contributed by atoms with Crippen LogP contribution in [0.5, 0.6) is 0 Å². The molecule has 1 heteroatoms. The molecule has 1 N–H and O–H groups in total. The largest absolute Gasteiger partial charge is 0.314 e. The van der Waals surface area contributed by atoms with Gasteiger partial charge in [0.05, 0.1) is 0 Å². The van der Waals surface area contributed by atoms with Gasteiger partial charge in [0.1, 0.15) is 0 Å². The monoisotopic (exact) mass is 253 g/mol. The fourth-order valence-electron chi connectivity index (χ4n) is 2.71. The molecule has 108 valence electrons. The van der Waals surface area contributed by atoms with Gasteiger partial charge in [0, 0.05) is 6.04 Å². The van der Waals surface area contributed by atoms with E-state index in [9.17, 15) is 0 Å². The van der Waals surface area contributed by atoms with Crippen molar-refractivity contribution >= 4 is 0 Å². The van der Waals surface area contributed by atoms with Crippen LogP contribution in [0.1, 0.15) is 90.9 Å². The van der Waals surface area contributed by atoms with Crippen molar-refractivity contribution in [2.45, 2.75) is 96.9 Å². The van der Waals surface area contributed by atoms with Gasteiger partial charge in [-0.3, -0.25) is 0 Å². The second-order valence-electron chi connectivity index (χ2n) is 6.26. The molecule has 1 nitrogen and oxygen atoms in total. The molecular weight excluding hydrogens is 218 g/mol. The van der Waals surface area contributed by atoms with E-state index in [1.807, 2.05) is 0 Å². The number of nitrogens with one attached hydrogen (secondary N) is 1. The summed E-state index contributed by atoms with van der Waals surface area (Å²) in [6.07, 6.45) is 17.3. The first kappa shape index (κ1) is 16.0. The Balaban J connectivity index is 1.68. The second-order valence-corrected chi connectivity index (χ2v) is 6.26. The molecular formula is C17H35N. The molecule has 1 fully saturated rings. The molecule has 0 amide bonds. The molecule has 0 heterocycles. The molecule has 0 aromatic carbocycles. The standard InChI is InChI=1S/C17H35N/c1-3-4-5-6-7-8-9-10-11-12-15-18-16(2)17-13-14-17/h16-18H,3-15H2,1-2H3. The van der Waals surface area contributed by atoms with Crippen molar-refractivity contribution in [2.24, 2.45) is 5.92 Å². The van der Waals surface area contributed by atoms with Gasteiger partial charge >= 0.3 is 0 Å². The summed E-state index contributed by atoms with van der Waals surface area (Å²) in [6, 6.07) is 0.781. The van der Waals surface area contributed by atoms with Crippen LogP contribution < -0.4 is 5.32 Å². The lowest BCUT2D eigenvalue weighted by Crippen LogP contribution is -2.28. The zero-order chi connectivity index (χ0) is 13.1. The smallest absolute Gasteiger partial charge is 0.00669 e. The molecule has 0 aromatic heterocycles. The molecule has 0 saturated heterocycles. The van der Waals surface area contributed by atoms with Crippen LogP contribution in [-0.4, -0.2) is 12.6 Å². The molecule has 1 aliphatic carbocycles. The van der Waals surface area contributed by atoms with Crippen LogP contribution in [0, 0.1) is 5.92 Å². The zero-order valence-corrected chi connectivity index (χ0v) is 12.8. The van der Waals surface area contributed by atoms with E-state index in [2.05, 4.69) is 19.2 Å². The summed E-state index contributed by atoms with van der Waals surface area (Å²) in [7, 11) is 0. The summed E-state index contributed by atoms with van der Waals surface area (Å²) in [5.74, 6) is 1.01. The molecule has 0 spiro atoms. The maximum atomic E-state index is 3.67. The Kier molecular flexibility index (Phi) is 9.65. The van der Waals surface area contributed by atoms with Gasteiger partial charge in [0.15, 0.2) is 0 Å². The number of unbranched alkanes of at least 4 members (excludes halogenated alkanes) is 9. The Bertz CT molecular complexity index is 174. The summed E-state index contributed by atoms with van der Waals surface area (Å²) >= 11 is 0. The third kappa shape index (κ3) is 8.97. The first-order chi connectivity index (χ1) is 8.84. The van der Waals surface area contributed by atoms with Gasteiger partial charge in [0.2, 0.25) is 0 Å². The average molecular weight is 253 g/mol. The van der Waals surface area contributed by atoms with Gasteiger partial charge in [-0.15, -0.1) is 0 Å². The predicted molar refractivity (Wildman–Crippen MR) is 82.0 cm³/mol. The van der Waals surface area contributed by atoms with Crippen LogP contribution in [0.2, 0.25) is 0 Å². The van der Waals surface area contributed by atoms with Crippen LogP contribution >= 0.6 is 0 Å². The first-order valence-corrected chi connectivity index (χ1v) is 8.58. The summed E-state index contributed by atoms with van der Waals surface area (Å²) in [4.78, 5) is 0. The lowest BCUT2D eigenvalue weighted by molar-refractivity contribution is 0.475. The Hall–Kier alpha value is -0.0400. The lowest BCUT2D eigenvalue weighted by atomic mass is 10.1. The second kappa shape index (κ2) is 10.8. The van der Waals surface area contributed by atoms with Gasteiger partial charge in [-0.25, -0.2) is 0 Å². The van der Waals surface area contributed by atoms with E-state index in [0.29, 0.717) is 0 Å². The Morgan fingerprint density at radius 1 is 0.833 bits per heavy atom. The molecule has 18 heavy (non-hydrogen) atoms. The average Bonchev–Trinajstić information content (AvgIpc) is 3.20. The van der Waals surface area contributed by atoms with Crippen molar-refractivity contribution in [3.63, 3.8) is 0 Å². The molecule has 1 atom stereocenters.